The van der Waals surface area contributed by atoms with E-state index in [0.717, 1.165) is 0 Å². The molecule has 3 aromatic rings. The van der Waals surface area contributed by atoms with Gasteiger partial charge in [-0.05, 0) is 18.2 Å². The quantitative estimate of drug-likeness (QED) is 0.360. The summed E-state index contributed by atoms with van der Waals surface area (Å²) in [6, 6.07) is 13.7. The Balaban J connectivity index is 1.71. The molecule has 1 aromatic heterocycles. The fourth-order valence-electron chi connectivity index (χ4n) is 3.58. The summed E-state index contributed by atoms with van der Waals surface area (Å²) >= 11 is 0. The number of oxime groups is 1. The Morgan fingerprint density at radius 1 is 1.19 bits per heavy atom. The summed E-state index contributed by atoms with van der Waals surface area (Å²) < 4.78 is 11.2. The maximum atomic E-state index is 13.1. The topological polar surface area (TPSA) is 112 Å². The number of phenols is 1. The van der Waals surface area contributed by atoms with E-state index in [1.807, 2.05) is 0 Å². The number of hydrogen-bond acceptors (Lipinski definition) is 8. The normalized spacial score (nSPS) is 15.9. The number of carbonyl (C=O) groups excluding carboxylic acids is 1. The number of carbonyl (C=O) groups is 1. The van der Waals surface area contributed by atoms with Crippen LogP contribution in [0.25, 0.3) is 16.3 Å². The predicted molar refractivity (Wildman–Crippen MR) is 117 cm³/mol. The number of benzene rings is 2. The molecule has 2 heterocycles. The molecule has 1 aliphatic heterocycles. The molecule has 1 N–H and O–H groups in total. The van der Waals surface area contributed by atoms with Gasteiger partial charge in [0.25, 0.3) is 5.56 Å². The number of methoxy groups -OCH3 is 2. The molecular weight excluding hydrogens is 414 g/mol. The van der Waals surface area contributed by atoms with E-state index in [-0.39, 0.29) is 29.1 Å². The number of hydrogen-bond donors (Lipinski definition) is 1. The van der Waals surface area contributed by atoms with Gasteiger partial charge >= 0.3 is 5.97 Å². The van der Waals surface area contributed by atoms with Crippen LogP contribution in [0.3, 0.4) is 0 Å². The predicted octanol–water partition coefficient (Wildman–Crippen LogP) is 2.46. The number of aromatic hydroxyl groups is 1. The Labute approximate surface area is 183 Å². The molecule has 164 valence electrons. The van der Waals surface area contributed by atoms with E-state index < -0.39 is 12.1 Å². The highest BCUT2D eigenvalue weighted by molar-refractivity contribution is 6.18. The van der Waals surface area contributed by atoms with Crippen molar-refractivity contribution in [2.24, 2.45) is 5.16 Å². The van der Waals surface area contributed by atoms with Crippen molar-refractivity contribution < 1.29 is 24.2 Å². The summed E-state index contributed by atoms with van der Waals surface area (Å²) in [6.45, 7) is 0.0959. The summed E-state index contributed by atoms with van der Waals surface area (Å²) in [6.07, 6.45) is 1.14. The zero-order valence-electron chi connectivity index (χ0n) is 17.5. The minimum absolute atomic E-state index is 0.0819. The second-order valence-electron chi connectivity index (χ2n) is 7.13. The van der Waals surface area contributed by atoms with Crippen LogP contribution in [-0.4, -0.2) is 46.9 Å². The molecule has 2 aromatic carbocycles. The highest BCUT2D eigenvalue weighted by Crippen LogP contribution is 2.25. The van der Waals surface area contributed by atoms with Crippen molar-refractivity contribution in [3.8, 4) is 5.75 Å². The minimum Gasteiger partial charge on any atom is -0.507 e. The van der Waals surface area contributed by atoms with Gasteiger partial charge in [0.05, 0.1) is 38.1 Å². The van der Waals surface area contributed by atoms with Crippen LogP contribution in [0.4, 0.5) is 0 Å². The van der Waals surface area contributed by atoms with E-state index in [9.17, 15) is 14.7 Å². The number of ether oxygens (including phenoxy) is 2. The zero-order chi connectivity index (χ0) is 22.7. The maximum Gasteiger partial charge on any atom is 0.343 e. The van der Waals surface area contributed by atoms with Crippen molar-refractivity contribution in [2.75, 3.05) is 14.2 Å². The van der Waals surface area contributed by atoms with Crippen molar-refractivity contribution in [3.63, 3.8) is 0 Å². The molecular formula is C23H21N3O6. The lowest BCUT2D eigenvalue weighted by molar-refractivity contribution is -0.133. The van der Waals surface area contributed by atoms with Crippen molar-refractivity contribution in [1.29, 1.82) is 0 Å². The summed E-state index contributed by atoms with van der Waals surface area (Å²) in [5.74, 6) is -0.539. The van der Waals surface area contributed by atoms with Crippen LogP contribution < -0.4 is 5.56 Å². The molecule has 0 spiro atoms. The number of phenolic OH excluding ortho intramolecular Hbond substituents is 1. The molecule has 1 aliphatic rings. The van der Waals surface area contributed by atoms with Gasteiger partial charge in [-0.1, -0.05) is 35.5 Å². The van der Waals surface area contributed by atoms with Gasteiger partial charge in [-0.2, -0.15) is 5.10 Å². The number of aromatic nitrogens is 2. The van der Waals surface area contributed by atoms with Crippen LogP contribution in [0.5, 0.6) is 5.75 Å². The van der Waals surface area contributed by atoms with Crippen molar-refractivity contribution in [1.82, 2.24) is 9.78 Å². The lowest BCUT2D eigenvalue weighted by atomic mass is 10.0. The van der Waals surface area contributed by atoms with Crippen molar-refractivity contribution in [2.45, 2.75) is 19.1 Å². The van der Waals surface area contributed by atoms with Crippen LogP contribution in [0.15, 0.2) is 64.7 Å². The number of rotatable bonds is 6. The first kappa shape index (κ1) is 21.1. The number of para-hydroxylation sites is 1. The van der Waals surface area contributed by atoms with Crippen LogP contribution >= 0.6 is 0 Å². The standard InChI is InChI=1S/C23H21N3O6/c1-30-13-18(23(29)31-2)21-15-7-3-4-8-16(15)22(28)26(24-21)12-14-11-19(25-32-14)17-9-5-6-10-20(17)27/h3-10,13-14,27H,11-12H2,1-2H3/b18-13-. The lowest BCUT2D eigenvalue weighted by Crippen LogP contribution is -2.30. The molecule has 0 radical (unpaired) electrons. The van der Waals surface area contributed by atoms with Crippen molar-refractivity contribution in [3.05, 3.63) is 76.4 Å². The first-order valence-electron chi connectivity index (χ1n) is 9.86. The van der Waals surface area contributed by atoms with Gasteiger partial charge in [0.2, 0.25) is 0 Å². The smallest absolute Gasteiger partial charge is 0.343 e. The molecule has 0 saturated heterocycles. The Morgan fingerprint density at radius 3 is 2.62 bits per heavy atom. The minimum atomic E-state index is -0.642. The monoisotopic (exact) mass is 435 g/mol. The lowest BCUT2D eigenvalue weighted by Gasteiger charge is -2.14. The maximum absolute atomic E-state index is 13.1. The van der Waals surface area contributed by atoms with Crippen LogP contribution in [-0.2, 0) is 25.7 Å². The van der Waals surface area contributed by atoms with E-state index in [1.54, 1.807) is 48.5 Å². The van der Waals surface area contributed by atoms with Gasteiger partial charge < -0.3 is 19.4 Å². The van der Waals surface area contributed by atoms with Crippen LogP contribution in [0.2, 0.25) is 0 Å². The third-order valence-electron chi connectivity index (χ3n) is 5.09. The molecule has 0 aliphatic carbocycles. The Bertz CT molecular complexity index is 1290. The number of nitrogens with zero attached hydrogens (tertiary/aromatic N) is 3. The summed E-state index contributed by atoms with van der Waals surface area (Å²) in [5.41, 5.74) is 1.17. The zero-order valence-corrected chi connectivity index (χ0v) is 17.5. The Morgan fingerprint density at radius 2 is 1.91 bits per heavy atom. The molecule has 9 heteroatoms. The van der Waals surface area contributed by atoms with Gasteiger partial charge in [0, 0.05) is 17.4 Å². The molecule has 1 atom stereocenters. The summed E-state index contributed by atoms with van der Waals surface area (Å²) in [5, 5.41) is 19.5. The third kappa shape index (κ3) is 3.92. The van der Waals surface area contributed by atoms with Crippen LogP contribution in [0.1, 0.15) is 17.7 Å². The summed E-state index contributed by atoms with van der Waals surface area (Å²) in [4.78, 5) is 31.0. The fraction of sp³-hybridized carbons (Fsp3) is 0.217. The first-order valence-corrected chi connectivity index (χ1v) is 9.86. The van der Waals surface area contributed by atoms with E-state index >= 15 is 0 Å². The van der Waals surface area contributed by atoms with Crippen LogP contribution in [0, 0.1) is 0 Å². The van der Waals surface area contributed by atoms with E-state index in [0.29, 0.717) is 28.5 Å². The van der Waals surface area contributed by atoms with Crippen molar-refractivity contribution >= 4 is 28.0 Å². The largest absolute Gasteiger partial charge is 0.507 e. The highest BCUT2D eigenvalue weighted by atomic mass is 16.6. The molecule has 4 rings (SSSR count). The Kier molecular flexibility index (Phi) is 5.89. The molecule has 0 saturated carbocycles. The fourth-order valence-corrected chi connectivity index (χ4v) is 3.58. The van der Waals surface area contributed by atoms with Gasteiger partial charge in [0.1, 0.15) is 17.0 Å². The summed E-state index contributed by atoms with van der Waals surface area (Å²) in [7, 11) is 2.67. The van der Waals surface area contributed by atoms with E-state index in [1.165, 1.54) is 25.2 Å². The average molecular weight is 435 g/mol. The van der Waals surface area contributed by atoms with Gasteiger partial charge in [-0.25, -0.2) is 9.48 Å². The molecule has 1 unspecified atom stereocenters. The molecule has 32 heavy (non-hydrogen) atoms. The third-order valence-corrected chi connectivity index (χ3v) is 5.09. The Hall–Kier alpha value is -4.14. The van der Waals surface area contributed by atoms with E-state index in [4.69, 9.17) is 14.3 Å². The number of esters is 1. The SMILES string of the molecule is CO/C=C(\C(=O)OC)c1nn(CC2CC(c3ccccc3O)=NO2)c(=O)c2ccccc12. The second kappa shape index (κ2) is 8.93. The van der Waals surface area contributed by atoms with E-state index in [2.05, 4.69) is 10.3 Å². The highest BCUT2D eigenvalue weighted by Gasteiger charge is 2.27. The molecule has 9 nitrogen and oxygen atoms in total. The van der Waals surface area contributed by atoms with Gasteiger partial charge in [-0.15, -0.1) is 0 Å². The average Bonchev–Trinajstić information content (AvgIpc) is 3.27. The molecule has 0 fully saturated rings. The van der Waals surface area contributed by atoms with Gasteiger partial charge in [0.15, 0.2) is 6.10 Å². The number of fused-ring (bicyclic) bond motifs is 1. The molecule has 0 amide bonds. The first-order chi connectivity index (χ1) is 15.5. The molecule has 0 bridgehead atoms. The second-order valence-corrected chi connectivity index (χ2v) is 7.13. The van der Waals surface area contributed by atoms with Gasteiger partial charge in [-0.3, -0.25) is 4.79 Å².